The second kappa shape index (κ2) is 4.17. The first-order valence-corrected chi connectivity index (χ1v) is 4.62. The molecule has 0 unspecified atom stereocenters. The maximum absolute atomic E-state index is 11.0. The summed E-state index contributed by atoms with van der Waals surface area (Å²) in [6, 6.07) is 0. The molecule has 1 heterocycles. The SMILES string of the molecule is CCC(=O)Oc1c(C)oc(CC)c1O. The second-order valence-corrected chi connectivity index (χ2v) is 2.94. The van der Waals surface area contributed by atoms with Crippen LogP contribution in [0.15, 0.2) is 4.42 Å². The van der Waals surface area contributed by atoms with Gasteiger partial charge in [0.15, 0.2) is 0 Å². The number of aromatic hydroxyl groups is 1. The fourth-order valence-electron chi connectivity index (χ4n) is 1.12. The third-order valence-electron chi connectivity index (χ3n) is 1.90. The lowest BCUT2D eigenvalue weighted by Crippen LogP contribution is -2.05. The third kappa shape index (κ3) is 1.89. The van der Waals surface area contributed by atoms with Gasteiger partial charge in [0, 0.05) is 12.8 Å². The molecule has 0 saturated heterocycles. The van der Waals surface area contributed by atoms with Crippen LogP contribution in [0.4, 0.5) is 0 Å². The molecule has 0 bridgehead atoms. The van der Waals surface area contributed by atoms with Gasteiger partial charge in [0.25, 0.3) is 0 Å². The van der Waals surface area contributed by atoms with Crippen LogP contribution in [0, 0.1) is 6.92 Å². The number of carbonyl (C=O) groups is 1. The van der Waals surface area contributed by atoms with Crippen molar-refractivity contribution in [2.24, 2.45) is 0 Å². The molecule has 1 N–H and O–H groups in total. The number of furan rings is 1. The number of ether oxygens (including phenoxy) is 1. The average molecular weight is 198 g/mol. The van der Waals surface area contributed by atoms with Gasteiger partial charge in [0.05, 0.1) is 0 Å². The van der Waals surface area contributed by atoms with Crippen molar-refractivity contribution in [1.82, 2.24) is 0 Å². The highest BCUT2D eigenvalue weighted by Gasteiger charge is 2.19. The zero-order valence-corrected chi connectivity index (χ0v) is 8.59. The van der Waals surface area contributed by atoms with E-state index in [0.717, 1.165) is 0 Å². The Morgan fingerprint density at radius 3 is 2.57 bits per heavy atom. The zero-order chi connectivity index (χ0) is 10.7. The van der Waals surface area contributed by atoms with Crippen molar-refractivity contribution < 1.29 is 19.1 Å². The van der Waals surface area contributed by atoms with Crippen LogP contribution in [0.2, 0.25) is 0 Å². The number of rotatable bonds is 3. The van der Waals surface area contributed by atoms with E-state index < -0.39 is 0 Å². The standard InChI is InChI=1S/C10H14O4/c1-4-7-9(12)10(6(3)13-7)14-8(11)5-2/h12H,4-5H2,1-3H3. The highest BCUT2D eigenvalue weighted by Crippen LogP contribution is 2.36. The molecule has 1 rings (SSSR count). The average Bonchev–Trinajstić information content (AvgIpc) is 2.44. The van der Waals surface area contributed by atoms with Crippen LogP contribution in [0.3, 0.4) is 0 Å². The first-order valence-electron chi connectivity index (χ1n) is 4.62. The van der Waals surface area contributed by atoms with Crippen LogP contribution >= 0.6 is 0 Å². The fourth-order valence-corrected chi connectivity index (χ4v) is 1.12. The Hall–Kier alpha value is -1.45. The number of hydrogen-bond acceptors (Lipinski definition) is 4. The molecule has 0 aliphatic carbocycles. The molecule has 0 spiro atoms. The first kappa shape index (κ1) is 10.6. The molecule has 0 aromatic carbocycles. The van der Waals surface area contributed by atoms with E-state index in [-0.39, 0.29) is 23.9 Å². The zero-order valence-electron chi connectivity index (χ0n) is 8.59. The minimum absolute atomic E-state index is 0.0631. The highest BCUT2D eigenvalue weighted by molar-refractivity contribution is 5.73. The van der Waals surface area contributed by atoms with Gasteiger partial charge < -0.3 is 14.3 Å². The Bertz CT molecular complexity index is 338. The Kier molecular flexibility index (Phi) is 3.17. The molecule has 1 aromatic rings. The number of hydrogen-bond donors (Lipinski definition) is 1. The van der Waals surface area contributed by atoms with Crippen LogP contribution in [0.5, 0.6) is 11.5 Å². The second-order valence-electron chi connectivity index (χ2n) is 2.94. The van der Waals surface area contributed by atoms with Crippen molar-refractivity contribution in [3.05, 3.63) is 11.5 Å². The maximum atomic E-state index is 11.0. The fraction of sp³-hybridized carbons (Fsp3) is 0.500. The Morgan fingerprint density at radius 1 is 1.50 bits per heavy atom. The van der Waals surface area contributed by atoms with E-state index in [4.69, 9.17) is 9.15 Å². The van der Waals surface area contributed by atoms with Gasteiger partial charge in [-0.15, -0.1) is 0 Å². The van der Waals surface area contributed by atoms with Crippen LogP contribution < -0.4 is 4.74 Å². The van der Waals surface area contributed by atoms with Gasteiger partial charge in [-0.2, -0.15) is 0 Å². The summed E-state index contributed by atoms with van der Waals surface area (Å²) in [5.74, 6) is 0.579. The summed E-state index contributed by atoms with van der Waals surface area (Å²) < 4.78 is 10.1. The van der Waals surface area contributed by atoms with Crippen molar-refractivity contribution >= 4 is 5.97 Å². The van der Waals surface area contributed by atoms with Crippen molar-refractivity contribution in [3.8, 4) is 11.5 Å². The molecule has 0 amide bonds. The maximum Gasteiger partial charge on any atom is 0.311 e. The van der Waals surface area contributed by atoms with Crippen molar-refractivity contribution in [3.63, 3.8) is 0 Å². The monoisotopic (exact) mass is 198 g/mol. The molecule has 78 valence electrons. The molecule has 1 aromatic heterocycles. The molecule has 0 aliphatic heterocycles. The molecule has 0 radical (unpaired) electrons. The molecule has 14 heavy (non-hydrogen) atoms. The normalized spacial score (nSPS) is 10.2. The molecule has 0 fully saturated rings. The molecule has 0 atom stereocenters. The van der Waals surface area contributed by atoms with Crippen molar-refractivity contribution in [2.45, 2.75) is 33.6 Å². The van der Waals surface area contributed by atoms with Crippen molar-refractivity contribution in [2.75, 3.05) is 0 Å². The van der Waals surface area contributed by atoms with E-state index >= 15 is 0 Å². The van der Waals surface area contributed by atoms with Gasteiger partial charge in [-0.05, 0) is 6.92 Å². The summed E-state index contributed by atoms with van der Waals surface area (Å²) in [7, 11) is 0. The van der Waals surface area contributed by atoms with E-state index in [1.54, 1.807) is 13.8 Å². The number of carbonyl (C=O) groups excluding carboxylic acids is 1. The van der Waals surface area contributed by atoms with Crippen LogP contribution in [0.25, 0.3) is 0 Å². The van der Waals surface area contributed by atoms with Crippen LogP contribution in [-0.2, 0) is 11.2 Å². The van der Waals surface area contributed by atoms with E-state index in [0.29, 0.717) is 17.9 Å². The molecule has 0 aliphatic rings. The van der Waals surface area contributed by atoms with Gasteiger partial charge in [0.2, 0.25) is 11.5 Å². The predicted molar refractivity (Wildman–Crippen MR) is 50.4 cm³/mol. The van der Waals surface area contributed by atoms with E-state index in [1.165, 1.54) is 0 Å². The predicted octanol–water partition coefficient (Wildman–Crippen LogP) is 2.17. The lowest BCUT2D eigenvalue weighted by atomic mass is 10.3. The summed E-state index contributed by atoms with van der Waals surface area (Å²) in [4.78, 5) is 11.0. The van der Waals surface area contributed by atoms with E-state index in [2.05, 4.69) is 0 Å². The molecular weight excluding hydrogens is 184 g/mol. The van der Waals surface area contributed by atoms with Gasteiger partial charge in [-0.3, -0.25) is 4.79 Å². The largest absolute Gasteiger partial charge is 0.502 e. The van der Waals surface area contributed by atoms with Crippen LogP contribution in [0.1, 0.15) is 31.8 Å². The minimum Gasteiger partial charge on any atom is -0.502 e. The first-order chi connectivity index (χ1) is 6.60. The summed E-state index contributed by atoms with van der Waals surface area (Å²) in [5, 5.41) is 9.58. The Labute approximate surface area is 82.5 Å². The molecule has 4 nitrogen and oxygen atoms in total. The molecular formula is C10H14O4. The molecule has 4 heteroatoms. The number of aryl methyl sites for hydroxylation is 2. The van der Waals surface area contributed by atoms with Crippen molar-refractivity contribution in [1.29, 1.82) is 0 Å². The summed E-state index contributed by atoms with van der Waals surface area (Å²) >= 11 is 0. The van der Waals surface area contributed by atoms with E-state index in [1.807, 2.05) is 6.92 Å². The lowest BCUT2D eigenvalue weighted by molar-refractivity contribution is -0.134. The highest BCUT2D eigenvalue weighted by atomic mass is 16.6. The van der Waals surface area contributed by atoms with E-state index in [9.17, 15) is 9.90 Å². The Balaban J connectivity index is 2.96. The van der Waals surface area contributed by atoms with Gasteiger partial charge >= 0.3 is 5.97 Å². The Morgan fingerprint density at radius 2 is 2.14 bits per heavy atom. The third-order valence-corrected chi connectivity index (χ3v) is 1.90. The minimum atomic E-state index is -0.383. The van der Waals surface area contributed by atoms with Gasteiger partial charge in [-0.1, -0.05) is 13.8 Å². The number of esters is 1. The molecule has 0 saturated carbocycles. The quantitative estimate of drug-likeness (QED) is 0.756. The van der Waals surface area contributed by atoms with Crippen LogP contribution in [-0.4, -0.2) is 11.1 Å². The lowest BCUT2D eigenvalue weighted by Gasteiger charge is -2.00. The summed E-state index contributed by atoms with van der Waals surface area (Å²) in [6.07, 6.45) is 0.835. The summed E-state index contributed by atoms with van der Waals surface area (Å²) in [5.41, 5.74) is 0. The van der Waals surface area contributed by atoms with Gasteiger partial charge in [0.1, 0.15) is 11.5 Å². The van der Waals surface area contributed by atoms with Gasteiger partial charge in [-0.25, -0.2) is 0 Å². The smallest absolute Gasteiger partial charge is 0.311 e. The topological polar surface area (TPSA) is 59.7 Å². The summed E-state index contributed by atoms with van der Waals surface area (Å²) in [6.45, 7) is 5.19.